The van der Waals surface area contributed by atoms with Crippen LogP contribution in [0.1, 0.15) is 24.0 Å². The normalized spacial score (nSPS) is 17.1. The highest BCUT2D eigenvalue weighted by Crippen LogP contribution is 2.35. The fourth-order valence-corrected chi connectivity index (χ4v) is 2.32. The van der Waals surface area contributed by atoms with Crippen molar-refractivity contribution in [1.82, 2.24) is 10.6 Å². The molecule has 1 heterocycles. The molecule has 1 aromatic rings. The van der Waals surface area contributed by atoms with Crippen LogP contribution in [0, 0.1) is 0 Å². The van der Waals surface area contributed by atoms with Crippen molar-refractivity contribution in [3.63, 3.8) is 0 Å². The molecule has 0 radical (unpaired) electrons. The maximum Gasteiger partial charge on any atom is 0.251 e. The molecule has 0 saturated carbocycles. The topological polar surface area (TPSA) is 41.1 Å². The summed E-state index contributed by atoms with van der Waals surface area (Å²) in [5, 5.41) is 5.58. The fraction of sp³-hybridized carbons (Fsp3) is 0.500. The van der Waals surface area contributed by atoms with Gasteiger partial charge in [-0.1, -0.05) is 24.3 Å². The number of carbonyl (C=O) groups is 1. The summed E-state index contributed by atoms with van der Waals surface area (Å²) in [5.74, 6) is -0.651. The fourth-order valence-electron chi connectivity index (χ4n) is 2.32. The molecule has 1 amide bonds. The van der Waals surface area contributed by atoms with E-state index in [9.17, 15) is 13.6 Å². The van der Waals surface area contributed by atoms with Crippen LogP contribution >= 0.6 is 12.4 Å². The summed E-state index contributed by atoms with van der Waals surface area (Å²) in [5.41, 5.74) is 0.126. The van der Waals surface area contributed by atoms with Gasteiger partial charge in [-0.25, -0.2) is 8.78 Å². The Morgan fingerprint density at radius 2 is 2.05 bits per heavy atom. The standard InChI is InChI=1S/C14H18F2N2O.ClH/c15-9-13(19)18-10-11-2-1-3-12(8-11)14(16)4-6-17-7-5-14;/h1-3,8,17H,4-7,9-10H2,(H,18,19);1H. The van der Waals surface area contributed by atoms with Crippen LogP contribution in [0.2, 0.25) is 0 Å². The minimum Gasteiger partial charge on any atom is -0.350 e. The van der Waals surface area contributed by atoms with Crippen molar-refractivity contribution < 1.29 is 13.6 Å². The Morgan fingerprint density at radius 3 is 2.70 bits per heavy atom. The van der Waals surface area contributed by atoms with Crippen molar-refractivity contribution in [2.75, 3.05) is 19.8 Å². The van der Waals surface area contributed by atoms with Gasteiger partial charge < -0.3 is 10.6 Å². The predicted octanol–water partition coefficient (Wildman–Crippen LogP) is 2.24. The van der Waals surface area contributed by atoms with Crippen molar-refractivity contribution >= 4 is 18.3 Å². The summed E-state index contributed by atoms with van der Waals surface area (Å²) in [7, 11) is 0. The molecule has 1 aliphatic rings. The number of piperidine rings is 1. The van der Waals surface area contributed by atoms with E-state index < -0.39 is 18.3 Å². The minimum absolute atomic E-state index is 0. The van der Waals surface area contributed by atoms with Gasteiger partial charge in [-0.2, -0.15) is 0 Å². The summed E-state index contributed by atoms with van der Waals surface area (Å²) < 4.78 is 26.8. The molecule has 1 aromatic carbocycles. The van der Waals surface area contributed by atoms with Crippen LogP contribution in [-0.2, 0) is 17.0 Å². The van der Waals surface area contributed by atoms with Gasteiger partial charge in [0.05, 0.1) is 0 Å². The molecule has 0 aromatic heterocycles. The van der Waals surface area contributed by atoms with E-state index in [-0.39, 0.29) is 19.0 Å². The molecule has 0 bridgehead atoms. The van der Waals surface area contributed by atoms with E-state index in [1.807, 2.05) is 0 Å². The minimum atomic E-state index is -1.30. The van der Waals surface area contributed by atoms with Crippen LogP contribution in [0.15, 0.2) is 24.3 Å². The van der Waals surface area contributed by atoms with Gasteiger partial charge in [0.2, 0.25) is 0 Å². The van der Waals surface area contributed by atoms with Crippen molar-refractivity contribution in [1.29, 1.82) is 0 Å². The number of rotatable bonds is 4. The number of amides is 1. The molecule has 1 saturated heterocycles. The van der Waals surface area contributed by atoms with E-state index in [4.69, 9.17) is 0 Å². The number of carbonyl (C=O) groups excluding carboxylic acids is 1. The van der Waals surface area contributed by atoms with Crippen molar-refractivity contribution in [2.45, 2.75) is 25.1 Å². The van der Waals surface area contributed by atoms with Gasteiger partial charge in [0.25, 0.3) is 5.91 Å². The van der Waals surface area contributed by atoms with E-state index in [2.05, 4.69) is 10.6 Å². The van der Waals surface area contributed by atoms with Crippen LogP contribution in [-0.4, -0.2) is 25.7 Å². The first-order chi connectivity index (χ1) is 9.14. The number of hydrogen-bond acceptors (Lipinski definition) is 2. The van der Waals surface area contributed by atoms with E-state index in [1.54, 1.807) is 24.3 Å². The number of alkyl halides is 2. The monoisotopic (exact) mass is 304 g/mol. The Morgan fingerprint density at radius 1 is 1.35 bits per heavy atom. The van der Waals surface area contributed by atoms with Crippen LogP contribution in [0.4, 0.5) is 8.78 Å². The third-order valence-corrected chi connectivity index (χ3v) is 3.45. The molecule has 0 unspecified atom stereocenters. The molecule has 0 aliphatic carbocycles. The molecule has 0 spiro atoms. The molecule has 2 rings (SSSR count). The van der Waals surface area contributed by atoms with Gasteiger partial charge in [-0.15, -0.1) is 12.4 Å². The molecule has 6 heteroatoms. The molecule has 1 fully saturated rings. The van der Waals surface area contributed by atoms with Crippen molar-refractivity contribution in [2.24, 2.45) is 0 Å². The summed E-state index contributed by atoms with van der Waals surface area (Å²) in [6, 6.07) is 7.09. The highest BCUT2D eigenvalue weighted by Gasteiger charge is 2.33. The summed E-state index contributed by atoms with van der Waals surface area (Å²) in [6.45, 7) is 0.530. The Hall–Kier alpha value is -1.20. The predicted molar refractivity (Wildman–Crippen MR) is 76.4 cm³/mol. The van der Waals surface area contributed by atoms with E-state index >= 15 is 0 Å². The lowest BCUT2D eigenvalue weighted by Gasteiger charge is -2.30. The van der Waals surface area contributed by atoms with Gasteiger partial charge >= 0.3 is 0 Å². The second-order valence-electron chi connectivity index (χ2n) is 4.83. The van der Waals surface area contributed by atoms with Gasteiger partial charge in [-0.05, 0) is 37.1 Å². The van der Waals surface area contributed by atoms with Gasteiger partial charge in [-0.3, -0.25) is 4.79 Å². The molecule has 20 heavy (non-hydrogen) atoms. The smallest absolute Gasteiger partial charge is 0.251 e. The van der Waals surface area contributed by atoms with Gasteiger partial charge in [0.1, 0.15) is 5.67 Å². The SMILES string of the molecule is Cl.O=C(CF)NCc1cccc(C2(F)CCNCC2)c1. The maximum atomic E-state index is 14.8. The summed E-state index contributed by atoms with van der Waals surface area (Å²) in [4.78, 5) is 10.9. The Balaban J connectivity index is 0.00000200. The van der Waals surface area contributed by atoms with E-state index in [0.29, 0.717) is 31.5 Å². The highest BCUT2D eigenvalue weighted by molar-refractivity contribution is 5.85. The quantitative estimate of drug-likeness (QED) is 0.896. The Kier molecular flexibility index (Phi) is 6.36. The van der Waals surface area contributed by atoms with Crippen LogP contribution in [0.3, 0.4) is 0 Å². The number of benzene rings is 1. The first-order valence-electron chi connectivity index (χ1n) is 6.46. The summed E-state index contributed by atoms with van der Waals surface area (Å²) >= 11 is 0. The van der Waals surface area contributed by atoms with Crippen LogP contribution in [0.25, 0.3) is 0 Å². The first-order valence-corrected chi connectivity index (χ1v) is 6.46. The Labute approximate surface area is 123 Å². The van der Waals surface area contributed by atoms with Crippen LogP contribution < -0.4 is 10.6 Å². The molecule has 2 N–H and O–H groups in total. The lowest BCUT2D eigenvalue weighted by molar-refractivity contribution is -0.122. The second kappa shape index (κ2) is 7.55. The largest absolute Gasteiger partial charge is 0.350 e. The molecule has 3 nitrogen and oxygen atoms in total. The zero-order chi connectivity index (χ0) is 13.7. The van der Waals surface area contributed by atoms with Gasteiger partial charge in [0.15, 0.2) is 6.67 Å². The van der Waals surface area contributed by atoms with Crippen LogP contribution in [0.5, 0.6) is 0 Å². The molecule has 1 aliphatic heterocycles. The number of hydrogen-bond donors (Lipinski definition) is 2. The number of nitrogens with one attached hydrogen (secondary N) is 2. The molecule has 0 atom stereocenters. The zero-order valence-electron chi connectivity index (χ0n) is 11.1. The Bertz CT molecular complexity index is 451. The third kappa shape index (κ3) is 4.15. The maximum absolute atomic E-state index is 14.8. The lowest BCUT2D eigenvalue weighted by Crippen LogP contribution is -2.36. The third-order valence-electron chi connectivity index (χ3n) is 3.45. The first kappa shape index (κ1) is 16.9. The van der Waals surface area contributed by atoms with Crippen molar-refractivity contribution in [3.05, 3.63) is 35.4 Å². The molecular weight excluding hydrogens is 286 g/mol. The average Bonchev–Trinajstić information content (AvgIpc) is 2.46. The van der Waals surface area contributed by atoms with Gasteiger partial charge in [0, 0.05) is 6.54 Å². The van der Waals surface area contributed by atoms with Crippen molar-refractivity contribution in [3.8, 4) is 0 Å². The van der Waals surface area contributed by atoms with E-state index in [0.717, 1.165) is 5.56 Å². The second-order valence-corrected chi connectivity index (χ2v) is 4.83. The summed E-state index contributed by atoms with van der Waals surface area (Å²) in [6.07, 6.45) is 0.903. The molecular formula is C14H19ClF2N2O. The lowest BCUT2D eigenvalue weighted by atomic mass is 9.86. The highest BCUT2D eigenvalue weighted by atomic mass is 35.5. The zero-order valence-corrected chi connectivity index (χ0v) is 11.9. The molecule has 112 valence electrons. The average molecular weight is 305 g/mol. The van der Waals surface area contributed by atoms with E-state index in [1.165, 1.54) is 0 Å². The number of halogens is 3.